The monoisotopic (exact) mass is 299 g/mol. The van der Waals surface area contributed by atoms with E-state index in [-0.39, 0.29) is 6.09 Å². The number of aliphatic hydroxyl groups is 1. The number of ether oxygens (including phenoxy) is 1. The number of nitrogens with zero attached hydrogens (tertiary/aromatic N) is 1. The van der Waals surface area contributed by atoms with Crippen LogP contribution in [0.4, 0.5) is 4.79 Å². The molecule has 0 atom stereocenters. The minimum atomic E-state index is -0.868. The van der Waals surface area contributed by atoms with E-state index in [9.17, 15) is 9.90 Å². The number of benzene rings is 2. The lowest BCUT2D eigenvalue weighted by Gasteiger charge is -2.38. The molecule has 0 unspecified atom stereocenters. The van der Waals surface area contributed by atoms with Gasteiger partial charge in [0, 0.05) is 13.1 Å². The summed E-state index contributed by atoms with van der Waals surface area (Å²) < 4.78 is 5.02. The van der Waals surface area contributed by atoms with Gasteiger partial charge in [-0.25, -0.2) is 4.79 Å². The van der Waals surface area contributed by atoms with Gasteiger partial charge in [-0.3, -0.25) is 0 Å². The Labute approximate surface area is 130 Å². The Hall–Kier alpha value is -2.07. The summed E-state index contributed by atoms with van der Waals surface area (Å²) in [6, 6.07) is 14.2. The lowest BCUT2D eigenvalue weighted by Crippen LogP contribution is -2.45. The third-order valence-corrected chi connectivity index (χ3v) is 4.40. The molecule has 4 nitrogen and oxygen atoms in total. The highest BCUT2D eigenvalue weighted by Crippen LogP contribution is 2.34. The van der Waals surface area contributed by atoms with Crippen molar-refractivity contribution in [3.8, 4) is 0 Å². The molecule has 1 N–H and O–H groups in total. The van der Waals surface area contributed by atoms with Crippen LogP contribution in [0.5, 0.6) is 0 Å². The molecule has 4 heteroatoms. The predicted molar refractivity (Wildman–Crippen MR) is 85.7 cm³/mol. The number of hydrogen-bond donors (Lipinski definition) is 1. The quantitative estimate of drug-likeness (QED) is 0.926. The lowest BCUT2D eigenvalue weighted by atomic mass is 9.83. The fraction of sp³-hybridized carbons (Fsp3) is 0.389. The second kappa shape index (κ2) is 5.97. The summed E-state index contributed by atoms with van der Waals surface area (Å²) in [6.07, 6.45) is 0.775. The standard InChI is InChI=1S/C18H21NO3/c1-2-22-17(20)19-11-9-18(21,10-12-19)16-8-7-14-5-3-4-6-15(14)13-16/h3-8,13,21H,2,9-12H2,1H3. The highest BCUT2D eigenvalue weighted by atomic mass is 16.6. The first kappa shape index (κ1) is 14.9. The first-order chi connectivity index (χ1) is 10.6. The number of rotatable bonds is 2. The molecule has 22 heavy (non-hydrogen) atoms. The number of likely N-dealkylation sites (tertiary alicyclic amines) is 1. The third kappa shape index (κ3) is 2.79. The molecular weight excluding hydrogens is 278 g/mol. The summed E-state index contributed by atoms with van der Waals surface area (Å²) in [4.78, 5) is 13.4. The zero-order chi connectivity index (χ0) is 15.6. The van der Waals surface area contributed by atoms with Gasteiger partial charge in [-0.15, -0.1) is 0 Å². The van der Waals surface area contributed by atoms with Crippen LogP contribution in [-0.4, -0.2) is 35.8 Å². The molecule has 1 aliphatic rings. The molecule has 3 rings (SSSR count). The SMILES string of the molecule is CCOC(=O)N1CCC(O)(c2ccc3ccccc3c2)CC1. The minimum Gasteiger partial charge on any atom is -0.450 e. The summed E-state index contributed by atoms with van der Waals surface area (Å²) >= 11 is 0. The van der Waals surface area contributed by atoms with Gasteiger partial charge in [-0.05, 0) is 42.2 Å². The molecule has 0 aromatic heterocycles. The van der Waals surface area contributed by atoms with Gasteiger partial charge in [0.05, 0.1) is 12.2 Å². The highest BCUT2D eigenvalue weighted by molar-refractivity contribution is 5.83. The van der Waals surface area contributed by atoms with Crippen molar-refractivity contribution in [3.63, 3.8) is 0 Å². The molecule has 2 aromatic carbocycles. The normalized spacial score (nSPS) is 17.5. The van der Waals surface area contributed by atoms with E-state index in [1.54, 1.807) is 11.8 Å². The van der Waals surface area contributed by atoms with Crippen molar-refractivity contribution in [2.45, 2.75) is 25.4 Å². The topological polar surface area (TPSA) is 49.8 Å². The molecule has 2 aromatic rings. The first-order valence-corrected chi connectivity index (χ1v) is 7.76. The van der Waals surface area contributed by atoms with Gasteiger partial charge >= 0.3 is 6.09 Å². The van der Waals surface area contributed by atoms with Crippen LogP contribution in [0.25, 0.3) is 10.8 Å². The Kier molecular flexibility index (Phi) is 4.03. The lowest BCUT2D eigenvalue weighted by molar-refractivity contribution is -0.0243. The van der Waals surface area contributed by atoms with Crippen molar-refractivity contribution in [3.05, 3.63) is 48.0 Å². The summed E-state index contributed by atoms with van der Waals surface area (Å²) in [5.74, 6) is 0. The third-order valence-electron chi connectivity index (χ3n) is 4.40. The van der Waals surface area contributed by atoms with Crippen molar-refractivity contribution in [2.75, 3.05) is 19.7 Å². The average Bonchev–Trinajstić information content (AvgIpc) is 2.55. The Morgan fingerprint density at radius 2 is 1.86 bits per heavy atom. The number of fused-ring (bicyclic) bond motifs is 1. The van der Waals surface area contributed by atoms with Crippen molar-refractivity contribution >= 4 is 16.9 Å². The maximum Gasteiger partial charge on any atom is 0.409 e. The van der Waals surface area contributed by atoms with Crippen molar-refractivity contribution in [1.82, 2.24) is 4.90 Å². The molecule has 1 fully saturated rings. The van der Waals surface area contributed by atoms with Crippen LogP contribution in [-0.2, 0) is 10.3 Å². The van der Waals surface area contributed by atoms with E-state index in [0.29, 0.717) is 32.5 Å². The second-order valence-electron chi connectivity index (χ2n) is 5.78. The van der Waals surface area contributed by atoms with Crippen LogP contribution in [0, 0.1) is 0 Å². The minimum absolute atomic E-state index is 0.289. The van der Waals surface area contributed by atoms with E-state index in [1.165, 1.54) is 5.39 Å². The van der Waals surface area contributed by atoms with Crippen LogP contribution in [0.2, 0.25) is 0 Å². The maximum atomic E-state index is 11.7. The average molecular weight is 299 g/mol. The molecule has 0 radical (unpaired) electrons. The first-order valence-electron chi connectivity index (χ1n) is 7.76. The van der Waals surface area contributed by atoms with Crippen LogP contribution < -0.4 is 0 Å². The molecular formula is C18H21NO3. The van der Waals surface area contributed by atoms with E-state index >= 15 is 0 Å². The van der Waals surface area contributed by atoms with E-state index in [4.69, 9.17) is 4.74 Å². The number of amides is 1. The number of piperidine rings is 1. The molecule has 0 aliphatic carbocycles. The summed E-state index contributed by atoms with van der Waals surface area (Å²) in [7, 11) is 0. The van der Waals surface area contributed by atoms with Crippen molar-refractivity contribution in [2.24, 2.45) is 0 Å². The fourth-order valence-electron chi connectivity index (χ4n) is 3.04. The van der Waals surface area contributed by atoms with Gasteiger partial charge < -0.3 is 14.7 Å². The number of carbonyl (C=O) groups excluding carboxylic acids is 1. The number of carbonyl (C=O) groups is 1. The molecule has 1 amide bonds. The predicted octanol–water partition coefficient (Wildman–Crippen LogP) is 3.28. The van der Waals surface area contributed by atoms with E-state index in [2.05, 4.69) is 18.2 Å². The molecule has 116 valence electrons. The van der Waals surface area contributed by atoms with Gasteiger partial charge in [0.25, 0.3) is 0 Å². The summed E-state index contributed by atoms with van der Waals surface area (Å²) in [5.41, 5.74) is 0.0576. The molecule has 0 bridgehead atoms. The largest absolute Gasteiger partial charge is 0.450 e. The molecule has 0 saturated carbocycles. The smallest absolute Gasteiger partial charge is 0.409 e. The van der Waals surface area contributed by atoms with E-state index in [0.717, 1.165) is 10.9 Å². The molecule has 1 heterocycles. The molecule has 0 spiro atoms. The molecule has 1 saturated heterocycles. The van der Waals surface area contributed by atoms with E-state index < -0.39 is 5.60 Å². The zero-order valence-electron chi connectivity index (χ0n) is 12.8. The second-order valence-corrected chi connectivity index (χ2v) is 5.78. The van der Waals surface area contributed by atoms with Gasteiger partial charge in [-0.1, -0.05) is 36.4 Å². The summed E-state index contributed by atoms with van der Waals surface area (Å²) in [6.45, 7) is 3.21. The van der Waals surface area contributed by atoms with Crippen molar-refractivity contribution in [1.29, 1.82) is 0 Å². The van der Waals surface area contributed by atoms with Crippen LogP contribution in [0.1, 0.15) is 25.3 Å². The maximum absolute atomic E-state index is 11.7. The van der Waals surface area contributed by atoms with Crippen LogP contribution in [0.15, 0.2) is 42.5 Å². The van der Waals surface area contributed by atoms with E-state index in [1.807, 2.05) is 24.3 Å². The Morgan fingerprint density at radius 3 is 2.55 bits per heavy atom. The summed E-state index contributed by atoms with van der Waals surface area (Å²) in [5, 5.41) is 13.2. The Bertz CT molecular complexity index is 675. The highest BCUT2D eigenvalue weighted by Gasteiger charge is 2.35. The Balaban J connectivity index is 1.77. The fourth-order valence-corrected chi connectivity index (χ4v) is 3.04. The van der Waals surface area contributed by atoms with Crippen LogP contribution in [0.3, 0.4) is 0 Å². The van der Waals surface area contributed by atoms with Crippen molar-refractivity contribution < 1.29 is 14.6 Å². The molecule has 1 aliphatic heterocycles. The van der Waals surface area contributed by atoms with Gasteiger partial charge in [0.15, 0.2) is 0 Å². The van der Waals surface area contributed by atoms with Gasteiger partial charge in [0.1, 0.15) is 0 Å². The van der Waals surface area contributed by atoms with Gasteiger partial charge in [-0.2, -0.15) is 0 Å². The Morgan fingerprint density at radius 1 is 1.18 bits per heavy atom. The van der Waals surface area contributed by atoms with Crippen LogP contribution >= 0.6 is 0 Å². The zero-order valence-corrected chi connectivity index (χ0v) is 12.8. The van der Waals surface area contributed by atoms with Gasteiger partial charge in [0.2, 0.25) is 0 Å². The number of hydrogen-bond acceptors (Lipinski definition) is 3.